The van der Waals surface area contributed by atoms with Crippen molar-refractivity contribution in [2.45, 2.75) is 27.7 Å². The summed E-state index contributed by atoms with van der Waals surface area (Å²) in [5, 5.41) is 9.33. The highest BCUT2D eigenvalue weighted by atomic mass is 16.4. The maximum absolute atomic E-state index is 7.08. The fourth-order valence-corrected chi connectivity index (χ4v) is 0.827. The summed E-state index contributed by atoms with van der Waals surface area (Å²) in [4.78, 5) is 8.62. The van der Waals surface area contributed by atoms with E-state index in [0.717, 1.165) is 22.8 Å². The third-order valence-corrected chi connectivity index (χ3v) is 1.72. The fraction of sp³-hybridized carbons (Fsp3) is 0.444. The van der Waals surface area contributed by atoms with E-state index in [2.05, 4.69) is 21.8 Å². The van der Waals surface area contributed by atoms with E-state index in [4.69, 9.17) is 5.21 Å². The first-order valence-corrected chi connectivity index (χ1v) is 3.91. The van der Waals surface area contributed by atoms with Gasteiger partial charge in [-0.05, 0) is 27.7 Å². The van der Waals surface area contributed by atoms with Crippen molar-refractivity contribution in [3.63, 3.8) is 0 Å². The third-order valence-electron chi connectivity index (χ3n) is 1.72. The van der Waals surface area contributed by atoms with Crippen molar-refractivity contribution < 1.29 is 5.21 Å². The van der Waals surface area contributed by atoms with Crippen LogP contribution in [0.15, 0.2) is 5.16 Å². The molecule has 0 amide bonds. The van der Waals surface area contributed by atoms with Crippen molar-refractivity contribution >= 4 is 6.72 Å². The van der Waals surface area contributed by atoms with Gasteiger partial charge in [-0.15, -0.1) is 5.16 Å². The van der Waals surface area contributed by atoms with Crippen LogP contribution >= 0.6 is 0 Å². The molecule has 0 aromatic carbocycles. The van der Waals surface area contributed by atoms with Gasteiger partial charge in [0.2, 0.25) is 0 Å². The Balaban J connectivity index is 0.000000424. The van der Waals surface area contributed by atoms with Crippen molar-refractivity contribution in [3.05, 3.63) is 22.8 Å². The monoisotopic (exact) mass is 181 g/mol. The first-order chi connectivity index (χ1) is 6.02. The number of aromatic nitrogens is 2. The van der Waals surface area contributed by atoms with Crippen LogP contribution in [-0.2, 0) is 0 Å². The molecule has 4 nitrogen and oxygen atoms in total. The van der Waals surface area contributed by atoms with Gasteiger partial charge in [-0.25, -0.2) is 0 Å². The molecule has 0 radical (unpaired) electrons. The molecule has 4 heteroatoms. The van der Waals surface area contributed by atoms with Gasteiger partial charge in [-0.2, -0.15) is 0 Å². The molecule has 0 unspecified atom stereocenters. The van der Waals surface area contributed by atoms with Crippen LogP contribution in [-0.4, -0.2) is 21.9 Å². The van der Waals surface area contributed by atoms with E-state index in [1.54, 1.807) is 0 Å². The summed E-state index contributed by atoms with van der Waals surface area (Å²) in [7, 11) is 0. The lowest BCUT2D eigenvalue weighted by Gasteiger charge is -2.01. The van der Waals surface area contributed by atoms with Crippen molar-refractivity contribution in [3.8, 4) is 0 Å². The lowest BCUT2D eigenvalue weighted by atomic mass is 10.3. The van der Waals surface area contributed by atoms with Gasteiger partial charge in [0.15, 0.2) is 0 Å². The molecule has 0 aliphatic rings. The molecule has 1 aromatic rings. The molecule has 1 rings (SSSR count). The Hall–Kier alpha value is -1.45. The summed E-state index contributed by atoms with van der Waals surface area (Å²) in [5.74, 6) is 0. The fourth-order valence-electron chi connectivity index (χ4n) is 0.827. The maximum atomic E-state index is 7.08. The van der Waals surface area contributed by atoms with Crippen molar-refractivity contribution in [2.24, 2.45) is 5.16 Å². The molecule has 0 bridgehead atoms. The maximum Gasteiger partial charge on any atom is 0.0588 e. The van der Waals surface area contributed by atoms with Crippen LogP contribution in [0, 0.1) is 27.7 Å². The van der Waals surface area contributed by atoms with Gasteiger partial charge < -0.3 is 5.21 Å². The topological polar surface area (TPSA) is 58.4 Å². The van der Waals surface area contributed by atoms with Crippen LogP contribution in [0.3, 0.4) is 0 Å². The standard InChI is InChI=1S/C8H12N2.CH3NO/c1-5-6(2)10-8(4)7(3)9-5;1-2-3/h1-4H3;3H,1H2. The zero-order chi connectivity index (χ0) is 10.4. The van der Waals surface area contributed by atoms with Gasteiger partial charge in [-0.1, -0.05) is 0 Å². The summed E-state index contributed by atoms with van der Waals surface area (Å²) in [6.45, 7) is 10.6. The molecule has 0 fully saturated rings. The minimum absolute atomic E-state index is 1.03. The molecule has 13 heavy (non-hydrogen) atoms. The third kappa shape index (κ3) is 3.64. The van der Waals surface area contributed by atoms with Crippen LogP contribution in [0.4, 0.5) is 0 Å². The predicted octanol–water partition coefficient (Wildman–Crippen LogP) is 1.79. The van der Waals surface area contributed by atoms with E-state index in [0.29, 0.717) is 0 Å². The first kappa shape index (κ1) is 11.6. The smallest absolute Gasteiger partial charge is 0.0588 e. The minimum Gasteiger partial charge on any atom is -0.411 e. The van der Waals surface area contributed by atoms with Gasteiger partial charge in [0.05, 0.1) is 22.8 Å². The number of rotatable bonds is 0. The summed E-state index contributed by atoms with van der Waals surface area (Å²) in [6.07, 6.45) is 0. The Morgan fingerprint density at radius 1 is 0.923 bits per heavy atom. The number of hydrogen-bond acceptors (Lipinski definition) is 4. The normalized spacial score (nSPS) is 8.62. The molecule has 1 heterocycles. The lowest BCUT2D eigenvalue weighted by molar-refractivity contribution is 0.323. The van der Waals surface area contributed by atoms with Gasteiger partial charge in [-0.3, -0.25) is 9.97 Å². The predicted molar refractivity (Wildman–Crippen MR) is 52.3 cm³/mol. The van der Waals surface area contributed by atoms with E-state index in [1.165, 1.54) is 0 Å². The highest BCUT2D eigenvalue weighted by Gasteiger charge is 1.98. The molecule has 1 N–H and O–H groups in total. The number of nitrogens with zero attached hydrogens (tertiary/aromatic N) is 3. The van der Waals surface area contributed by atoms with Crippen LogP contribution in [0.2, 0.25) is 0 Å². The Kier molecular flexibility index (Phi) is 4.66. The van der Waals surface area contributed by atoms with Crippen molar-refractivity contribution in [1.29, 1.82) is 0 Å². The molecular weight excluding hydrogens is 166 g/mol. The van der Waals surface area contributed by atoms with Gasteiger partial charge in [0.1, 0.15) is 0 Å². The highest BCUT2D eigenvalue weighted by molar-refractivity contribution is 5.20. The van der Waals surface area contributed by atoms with E-state index in [-0.39, 0.29) is 0 Å². The molecule has 1 aromatic heterocycles. The first-order valence-electron chi connectivity index (χ1n) is 3.91. The van der Waals surface area contributed by atoms with E-state index in [1.807, 2.05) is 27.7 Å². The van der Waals surface area contributed by atoms with Crippen LogP contribution in [0.1, 0.15) is 22.8 Å². The second-order valence-electron chi connectivity index (χ2n) is 2.71. The Morgan fingerprint density at radius 2 is 1.08 bits per heavy atom. The SMILES string of the molecule is C=NO.Cc1nc(C)c(C)nc1C. The average Bonchev–Trinajstić information content (AvgIpc) is 2.03. The molecular formula is C9H15N3O. The Morgan fingerprint density at radius 3 is 1.23 bits per heavy atom. The Bertz CT molecular complexity index is 247. The second kappa shape index (κ2) is 5.24. The molecule has 0 spiro atoms. The largest absolute Gasteiger partial charge is 0.411 e. The molecule has 0 saturated heterocycles. The van der Waals surface area contributed by atoms with Crippen LogP contribution in [0.25, 0.3) is 0 Å². The van der Waals surface area contributed by atoms with Crippen LogP contribution < -0.4 is 0 Å². The van der Waals surface area contributed by atoms with Gasteiger partial charge in [0.25, 0.3) is 0 Å². The highest BCUT2D eigenvalue weighted by Crippen LogP contribution is 2.04. The molecule has 0 atom stereocenters. The lowest BCUT2D eigenvalue weighted by Crippen LogP contribution is -1.97. The van der Waals surface area contributed by atoms with E-state index < -0.39 is 0 Å². The number of hydrogen-bond donors (Lipinski definition) is 1. The number of oxime groups is 1. The molecule has 0 aliphatic carbocycles. The van der Waals surface area contributed by atoms with Gasteiger partial charge in [0, 0.05) is 6.72 Å². The van der Waals surface area contributed by atoms with Crippen molar-refractivity contribution in [2.75, 3.05) is 0 Å². The van der Waals surface area contributed by atoms with Crippen LogP contribution in [0.5, 0.6) is 0 Å². The summed E-state index contributed by atoms with van der Waals surface area (Å²) in [5.41, 5.74) is 4.12. The molecule has 72 valence electrons. The summed E-state index contributed by atoms with van der Waals surface area (Å²) >= 11 is 0. The van der Waals surface area contributed by atoms with E-state index >= 15 is 0 Å². The second-order valence-corrected chi connectivity index (χ2v) is 2.71. The summed E-state index contributed by atoms with van der Waals surface area (Å²) < 4.78 is 0. The molecule has 0 aliphatic heterocycles. The average molecular weight is 181 g/mol. The van der Waals surface area contributed by atoms with Crippen molar-refractivity contribution in [1.82, 2.24) is 9.97 Å². The quantitative estimate of drug-likeness (QED) is 0.377. The number of aryl methyl sites for hydroxylation is 4. The molecule has 0 saturated carbocycles. The summed E-state index contributed by atoms with van der Waals surface area (Å²) in [6, 6.07) is 0. The van der Waals surface area contributed by atoms with Gasteiger partial charge >= 0.3 is 0 Å². The minimum atomic E-state index is 1.03. The van der Waals surface area contributed by atoms with E-state index in [9.17, 15) is 0 Å². The zero-order valence-corrected chi connectivity index (χ0v) is 8.50. The zero-order valence-electron chi connectivity index (χ0n) is 8.50. The Labute approximate surface area is 78.3 Å².